The number of benzene rings is 1. The van der Waals surface area contributed by atoms with Gasteiger partial charge in [0.1, 0.15) is 0 Å². The van der Waals surface area contributed by atoms with Crippen molar-refractivity contribution in [3.05, 3.63) is 44.9 Å². The number of nitrogens with two attached hydrogens (primary N) is 1. The fourth-order valence-electron chi connectivity index (χ4n) is 1.02. The summed E-state index contributed by atoms with van der Waals surface area (Å²) in [6, 6.07) is 5.86. The summed E-state index contributed by atoms with van der Waals surface area (Å²) in [5, 5.41) is 0. The molecule has 0 amide bonds. The zero-order chi connectivity index (χ0) is 10.0. The summed E-state index contributed by atoms with van der Waals surface area (Å²) in [6.45, 7) is 5.77. The fraction of sp³-hybridized carbons (Fsp3) is 0.200. The molecule has 1 aromatic carbocycles. The third-order valence-corrected chi connectivity index (χ3v) is 3.01. The molecular weight excluding hydrogens is 294 g/mol. The summed E-state index contributed by atoms with van der Waals surface area (Å²) in [6.07, 6.45) is 0. The number of hydrogen-bond donors (Lipinski definition) is 1. The van der Waals surface area contributed by atoms with E-state index in [0.717, 1.165) is 20.1 Å². The van der Waals surface area contributed by atoms with Gasteiger partial charge in [0.15, 0.2) is 0 Å². The van der Waals surface area contributed by atoms with E-state index in [1.54, 1.807) is 0 Å². The molecule has 0 spiro atoms. The van der Waals surface area contributed by atoms with Gasteiger partial charge < -0.3 is 5.73 Å². The molecule has 0 saturated heterocycles. The molecule has 0 radical (unpaired) electrons. The maximum absolute atomic E-state index is 5.94. The average Bonchev–Trinajstić information content (AvgIpc) is 2.03. The third-order valence-electron chi connectivity index (χ3n) is 1.83. The van der Waals surface area contributed by atoms with E-state index in [9.17, 15) is 0 Å². The molecule has 1 rings (SSSR count). The van der Waals surface area contributed by atoms with Gasteiger partial charge in [-0.25, -0.2) is 0 Å². The lowest BCUT2D eigenvalue weighted by molar-refractivity contribution is 0.845. The summed E-state index contributed by atoms with van der Waals surface area (Å²) in [5.74, 6) is 0. The standard InChI is InChI=1S/C10H11Br2N/c1-6(2)10(13)8-4-3-7(11)5-9(8)12/h3-5,10H,1,13H2,2H3. The first-order valence-electron chi connectivity index (χ1n) is 3.88. The van der Waals surface area contributed by atoms with Crippen molar-refractivity contribution in [2.75, 3.05) is 0 Å². The largest absolute Gasteiger partial charge is 0.321 e. The zero-order valence-electron chi connectivity index (χ0n) is 7.35. The van der Waals surface area contributed by atoms with Gasteiger partial charge >= 0.3 is 0 Å². The van der Waals surface area contributed by atoms with Crippen molar-refractivity contribution in [1.29, 1.82) is 0 Å². The summed E-state index contributed by atoms with van der Waals surface area (Å²) in [5.41, 5.74) is 7.97. The molecule has 1 aromatic rings. The fourth-order valence-corrected chi connectivity index (χ4v) is 2.31. The topological polar surface area (TPSA) is 26.0 Å². The highest BCUT2D eigenvalue weighted by molar-refractivity contribution is 9.11. The van der Waals surface area contributed by atoms with Gasteiger partial charge in [-0.15, -0.1) is 0 Å². The first kappa shape index (κ1) is 11.0. The van der Waals surface area contributed by atoms with Crippen LogP contribution in [0.4, 0.5) is 0 Å². The summed E-state index contributed by atoms with van der Waals surface area (Å²) < 4.78 is 2.05. The Kier molecular flexibility index (Phi) is 3.71. The van der Waals surface area contributed by atoms with Gasteiger partial charge in [0.25, 0.3) is 0 Å². The van der Waals surface area contributed by atoms with Crippen LogP contribution in [0.2, 0.25) is 0 Å². The molecular formula is C10H11Br2N. The van der Waals surface area contributed by atoms with Gasteiger partial charge in [-0.2, -0.15) is 0 Å². The van der Waals surface area contributed by atoms with Crippen LogP contribution in [0.3, 0.4) is 0 Å². The Morgan fingerprint density at radius 2 is 2.08 bits per heavy atom. The van der Waals surface area contributed by atoms with Crippen LogP contribution in [-0.2, 0) is 0 Å². The van der Waals surface area contributed by atoms with Crippen molar-refractivity contribution in [2.45, 2.75) is 13.0 Å². The molecule has 1 nitrogen and oxygen atoms in total. The van der Waals surface area contributed by atoms with Gasteiger partial charge in [-0.05, 0) is 24.6 Å². The second-order valence-corrected chi connectivity index (χ2v) is 4.76. The van der Waals surface area contributed by atoms with Crippen LogP contribution in [0.15, 0.2) is 39.3 Å². The highest BCUT2D eigenvalue weighted by Crippen LogP contribution is 2.28. The van der Waals surface area contributed by atoms with Crippen molar-refractivity contribution in [3.8, 4) is 0 Å². The van der Waals surface area contributed by atoms with Gasteiger partial charge in [0.2, 0.25) is 0 Å². The summed E-state index contributed by atoms with van der Waals surface area (Å²) >= 11 is 6.85. The molecule has 0 bridgehead atoms. The van der Waals surface area contributed by atoms with E-state index >= 15 is 0 Å². The maximum atomic E-state index is 5.94. The van der Waals surface area contributed by atoms with Crippen LogP contribution in [-0.4, -0.2) is 0 Å². The summed E-state index contributed by atoms with van der Waals surface area (Å²) in [7, 11) is 0. The SMILES string of the molecule is C=C(C)C(N)c1ccc(Br)cc1Br. The first-order valence-corrected chi connectivity index (χ1v) is 5.47. The van der Waals surface area contributed by atoms with E-state index in [1.807, 2.05) is 25.1 Å². The average molecular weight is 305 g/mol. The third kappa shape index (κ3) is 2.66. The lowest BCUT2D eigenvalue weighted by atomic mass is 10.0. The van der Waals surface area contributed by atoms with Crippen LogP contribution in [0, 0.1) is 0 Å². The van der Waals surface area contributed by atoms with E-state index in [1.165, 1.54) is 0 Å². The second kappa shape index (κ2) is 4.40. The molecule has 0 heterocycles. The number of hydrogen-bond acceptors (Lipinski definition) is 1. The molecule has 0 saturated carbocycles. The van der Waals surface area contributed by atoms with Crippen LogP contribution in [0.5, 0.6) is 0 Å². The number of halogens is 2. The predicted molar refractivity (Wildman–Crippen MR) is 63.6 cm³/mol. The minimum atomic E-state index is -0.0949. The van der Waals surface area contributed by atoms with Gasteiger partial charge in [0, 0.05) is 8.95 Å². The van der Waals surface area contributed by atoms with Crippen molar-refractivity contribution in [2.24, 2.45) is 5.73 Å². The monoisotopic (exact) mass is 303 g/mol. The smallest absolute Gasteiger partial charge is 0.0516 e. The normalized spacial score (nSPS) is 12.6. The second-order valence-electron chi connectivity index (χ2n) is 2.99. The van der Waals surface area contributed by atoms with Crippen molar-refractivity contribution < 1.29 is 0 Å². The molecule has 0 aliphatic carbocycles. The van der Waals surface area contributed by atoms with Gasteiger partial charge in [-0.3, -0.25) is 0 Å². The van der Waals surface area contributed by atoms with Crippen molar-refractivity contribution >= 4 is 31.9 Å². The Morgan fingerprint density at radius 1 is 1.46 bits per heavy atom. The Hall–Kier alpha value is -0.120. The quantitative estimate of drug-likeness (QED) is 0.827. The molecule has 0 aromatic heterocycles. The molecule has 70 valence electrons. The Morgan fingerprint density at radius 3 is 2.54 bits per heavy atom. The molecule has 3 heteroatoms. The Bertz CT molecular complexity index is 334. The van der Waals surface area contributed by atoms with E-state index < -0.39 is 0 Å². The van der Waals surface area contributed by atoms with Crippen molar-refractivity contribution in [3.63, 3.8) is 0 Å². The van der Waals surface area contributed by atoms with Gasteiger partial charge in [-0.1, -0.05) is 50.1 Å². The zero-order valence-corrected chi connectivity index (χ0v) is 10.5. The highest BCUT2D eigenvalue weighted by atomic mass is 79.9. The Labute approximate surface area is 95.3 Å². The van der Waals surface area contributed by atoms with Crippen LogP contribution >= 0.6 is 31.9 Å². The van der Waals surface area contributed by atoms with E-state index in [2.05, 4.69) is 38.4 Å². The predicted octanol–water partition coefficient (Wildman–Crippen LogP) is 3.79. The van der Waals surface area contributed by atoms with Crippen LogP contribution < -0.4 is 5.73 Å². The minimum absolute atomic E-state index is 0.0949. The van der Waals surface area contributed by atoms with Crippen LogP contribution in [0.25, 0.3) is 0 Å². The highest BCUT2D eigenvalue weighted by Gasteiger charge is 2.09. The van der Waals surface area contributed by atoms with Gasteiger partial charge in [0.05, 0.1) is 6.04 Å². The van der Waals surface area contributed by atoms with E-state index in [0.29, 0.717) is 0 Å². The maximum Gasteiger partial charge on any atom is 0.0516 e. The van der Waals surface area contributed by atoms with Crippen LogP contribution in [0.1, 0.15) is 18.5 Å². The van der Waals surface area contributed by atoms with Crippen molar-refractivity contribution in [1.82, 2.24) is 0 Å². The number of rotatable bonds is 2. The lowest BCUT2D eigenvalue weighted by Crippen LogP contribution is -2.11. The Balaban J connectivity index is 3.08. The first-order chi connectivity index (χ1) is 6.02. The molecule has 1 atom stereocenters. The van der Waals surface area contributed by atoms with E-state index in [4.69, 9.17) is 5.73 Å². The summed E-state index contributed by atoms with van der Waals surface area (Å²) in [4.78, 5) is 0. The molecule has 2 N–H and O–H groups in total. The molecule has 0 aliphatic rings. The molecule has 13 heavy (non-hydrogen) atoms. The molecule has 1 unspecified atom stereocenters. The molecule has 0 aliphatic heterocycles. The minimum Gasteiger partial charge on any atom is -0.321 e. The van der Waals surface area contributed by atoms with E-state index in [-0.39, 0.29) is 6.04 Å². The lowest BCUT2D eigenvalue weighted by Gasteiger charge is -2.13. The molecule has 0 fully saturated rings.